The summed E-state index contributed by atoms with van der Waals surface area (Å²) in [6, 6.07) is 8.63. The number of benzene rings is 1. The van der Waals surface area contributed by atoms with Crippen molar-refractivity contribution in [3.05, 3.63) is 53.3 Å². The third kappa shape index (κ3) is 4.35. The molecule has 1 aromatic heterocycles. The van der Waals surface area contributed by atoms with Crippen molar-refractivity contribution in [2.45, 2.75) is 52.1 Å². The summed E-state index contributed by atoms with van der Waals surface area (Å²) >= 11 is 0. The number of piperidine rings is 1. The minimum Gasteiger partial charge on any atom is -0.348 e. The van der Waals surface area contributed by atoms with Crippen LogP contribution in [-0.2, 0) is 6.54 Å². The molecule has 0 aliphatic carbocycles. The molecule has 1 saturated heterocycles. The van der Waals surface area contributed by atoms with Gasteiger partial charge in [-0.1, -0.05) is 36.8 Å². The van der Waals surface area contributed by atoms with E-state index < -0.39 is 0 Å². The zero-order chi connectivity index (χ0) is 17.6. The molecule has 25 heavy (non-hydrogen) atoms. The van der Waals surface area contributed by atoms with Crippen molar-refractivity contribution >= 4 is 11.9 Å². The van der Waals surface area contributed by atoms with E-state index in [9.17, 15) is 4.79 Å². The van der Waals surface area contributed by atoms with Gasteiger partial charge in [-0.3, -0.25) is 4.79 Å². The van der Waals surface area contributed by atoms with E-state index in [1.54, 1.807) is 12.4 Å². The molecule has 0 radical (unpaired) electrons. The highest BCUT2D eigenvalue weighted by molar-refractivity contribution is 5.93. The Morgan fingerprint density at radius 1 is 1.28 bits per heavy atom. The lowest BCUT2D eigenvalue weighted by atomic mass is 10.0. The number of rotatable bonds is 5. The number of amides is 1. The summed E-state index contributed by atoms with van der Waals surface area (Å²) in [7, 11) is 0. The molecule has 5 nitrogen and oxygen atoms in total. The van der Waals surface area contributed by atoms with Crippen molar-refractivity contribution < 1.29 is 4.79 Å². The van der Waals surface area contributed by atoms with Crippen molar-refractivity contribution in [1.82, 2.24) is 15.3 Å². The molecule has 2 heterocycles. The van der Waals surface area contributed by atoms with E-state index in [2.05, 4.69) is 33.2 Å². The van der Waals surface area contributed by atoms with Gasteiger partial charge in [-0.05, 0) is 38.2 Å². The average Bonchev–Trinajstić information content (AvgIpc) is 2.66. The maximum atomic E-state index is 12.3. The Labute approximate surface area is 149 Å². The van der Waals surface area contributed by atoms with E-state index in [1.807, 2.05) is 25.1 Å². The van der Waals surface area contributed by atoms with Gasteiger partial charge in [0.2, 0.25) is 5.95 Å². The minimum atomic E-state index is -0.140. The van der Waals surface area contributed by atoms with Crippen LogP contribution in [0.3, 0.4) is 0 Å². The lowest BCUT2D eigenvalue weighted by molar-refractivity contribution is 0.0950. The Bertz CT molecular complexity index is 714. The molecule has 2 aromatic rings. The van der Waals surface area contributed by atoms with Gasteiger partial charge in [0.25, 0.3) is 5.91 Å². The molecule has 5 heteroatoms. The van der Waals surface area contributed by atoms with Crippen molar-refractivity contribution in [1.29, 1.82) is 0 Å². The van der Waals surface area contributed by atoms with Crippen LogP contribution in [0.15, 0.2) is 36.7 Å². The van der Waals surface area contributed by atoms with Crippen LogP contribution in [0.5, 0.6) is 0 Å². The molecule has 1 amide bonds. The van der Waals surface area contributed by atoms with Gasteiger partial charge in [-0.15, -0.1) is 0 Å². The van der Waals surface area contributed by atoms with Crippen LogP contribution in [0, 0.1) is 6.92 Å². The number of nitrogens with one attached hydrogen (secondary N) is 1. The third-order valence-corrected chi connectivity index (χ3v) is 4.79. The van der Waals surface area contributed by atoms with E-state index >= 15 is 0 Å². The van der Waals surface area contributed by atoms with E-state index in [0.29, 0.717) is 18.2 Å². The van der Waals surface area contributed by atoms with Gasteiger partial charge in [-0.2, -0.15) is 0 Å². The van der Waals surface area contributed by atoms with Gasteiger partial charge in [0.1, 0.15) is 0 Å². The van der Waals surface area contributed by atoms with E-state index in [-0.39, 0.29) is 5.91 Å². The van der Waals surface area contributed by atoms with Crippen molar-refractivity contribution in [3.8, 4) is 0 Å². The number of hydrogen-bond donors (Lipinski definition) is 1. The molecule has 1 N–H and O–H groups in total. The molecule has 132 valence electrons. The molecule has 0 bridgehead atoms. The standard InChI is InChI=1S/C20H26N4O/c1-3-18-9-4-5-10-24(18)20-22-13-17(14-23-20)19(25)21-12-16-8-6-7-15(2)11-16/h6-8,11,13-14,18H,3-5,9-10,12H2,1-2H3,(H,21,25). The van der Waals surface area contributed by atoms with Gasteiger partial charge in [0.05, 0.1) is 5.56 Å². The Morgan fingerprint density at radius 3 is 2.80 bits per heavy atom. The summed E-state index contributed by atoms with van der Waals surface area (Å²) < 4.78 is 0. The summed E-state index contributed by atoms with van der Waals surface area (Å²) in [5, 5.41) is 2.93. The van der Waals surface area contributed by atoms with Crippen LogP contribution >= 0.6 is 0 Å². The Kier molecular flexibility index (Phi) is 5.64. The lowest BCUT2D eigenvalue weighted by Gasteiger charge is -2.35. The van der Waals surface area contributed by atoms with Crippen LogP contribution in [-0.4, -0.2) is 28.5 Å². The summed E-state index contributed by atoms with van der Waals surface area (Å²) in [5.74, 6) is 0.598. The number of carbonyl (C=O) groups excluding carboxylic acids is 1. The van der Waals surface area contributed by atoms with E-state index in [4.69, 9.17) is 0 Å². The first kappa shape index (κ1) is 17.4. The molecule has 1 aliphatic heterocycles. The molecule has 1 aliphatic rings. The van der Waals surface area contributed by atoms with Crippen LogP contribution in [0.1, 0.15) is 54.1 Å². The van der Waals surface area contributed by atoms with Crippen LogP contribution in [0.4, 0.5) is 5.95 Å². The minimum absolute atomic E-state index is 0.140. The average molecular weight is 338 g/mol. The van der Waals surface area contributed by atoms with Crippen molar-refractivity contribution in [3.63, 3.8) is 0 Å². The Hall–Kier alpha value is -2.43. The van der Waals surface area contributed by atoms with Gasteiger partial charge >= 0.3 is 0 Å². The molecular weight excluding hydrogens is 312 g/mol. The van der Waals surface area contributed by atoms with Crippen LogP contribution in [0.25, 0.3) is 0 Å². The predicted octanol–water partition coefficient (Wildman–Crippen LogP) is 3.48. The smallest absolute Gasteiger partial charge is 0.254 e. The largest absolute Gasteiger partial charge is 0.348 e. The highest BCUT2D eigenvalue weighted by Gasteiger charge is 2.23. The molecule has 1 atom stereocenters. The summed E-state index contributed by atoms with van der Waals surface area (Å²) in [6.07, 6.45) is 8.01. The molecule has 1 fully saturated rings. The first-order valence-corrected chi connectivity index (χ1v) is 9.10. The fourth-order valence-electron chi connectivity index (χ4n) is 3.38. The second kappa shape index (κ2) is 8.10. The maximum absolute atomic E-state index is 12.3. The quantitative estimate of drug-likeness (QED) is 0.907. The predicted molar refractivity (Wildman–Crippen MR) is 99.7 cm³/mol. The second-order valence-electron chi connectivity index (χ2n) is 6.69. The van der Waals surface area contributed by atoms with Crippen LogP contribution in [0.2, 0.25) is 0 Å². The highest BCUT2D eigenvalue weighted by Crippen LogP contribution is 2.23. The van der Waals surface area contributed by atoms with E-state index in [1.165, 1.54) is 24.8 Å². The van der Waals surface area contributed by atoms with Gasteiger partial charge in [0, 0.05) is 31.5 Å². The number of nitrogens with zero attached hydrogens (tertiary/aromatic N) is 3. The first-order valence-electron chi connectivity index (χ1n) is 9.10. The Balaban J connectivity index is 1.62. The number of carbonyl (C=O) groups is 1. The summed E-state index contributed by atoms with van der Waals surface area (Å²) in [4.78, 5) is 23.5. The van der Waals surface area contributed by atoms with Gasteiger partial charge < -0.3 is 10.2 Å². The zero-order valence-electron chi connectivity index (χ0n) is 15.0. The molecule has 3 rings (SSSR count). The summed E-state index contributed by atoms with van der Waals surface area (Å²) in [5.41, 5.74) is 2.78. The molecule has 1 aromatic carbocycles. The number of hydrogen-bond acceptors (Lipinski definition) is 4. The zero-order valence-corrected chi connectivity index (χ0v) is 15.0. The number of aryl methyl sites for hydroxylation is 1. The molecular formula is C20H26N4O. The van der Waals surface area contributed by atoms with Gasteiger partial charge in [0.15, 0.2) is 0 Å². The van der Waals surface area contributed by atoms with Crippen LogP contribution < -0.4 is 10.2 Å². The first-order chi connectivity index (χ1) is 12.2. The molecule has 1 unspecified atom stereocenters. The lowest BCUT2D eigenvalue weighted by Crippen LogP contribution is -2.40. The molecule has 0 spiro atoms. The van der Waals surface area contributed by atoms with Crippen molar-refractivity contribution in [2.24, 2.45) is 0 Å². The monoisotopic (exact) mass is 338 g/mol. The summed E-state index contributed by atoms with van der Waals surface area (Å²) in [6.45, 7) is 5.75. The fourth-order valence-corrected chi connectivity index (χ4v) is 3.38. The topological polar surface area (TPSA) is 58.1 Å². The van der Waals surface area contributed by atoms with E-state index in [0.717, 1.165) is 24.5 Å². The second-order valence-corrected chi connectivity index (χ2v) is 6.69. The maximum Gasteiger partial charge on any atom is 0.254 e. The SMILES string of the molecule is CCC1CCCCN1c1ncc(C(=O)NCc2cccc(C)c2)cn1. The van der Waals surface area contributed by atoms with Crippen molar-refractivity contribution in [2.75, 3.05) is 11.4 Å². The molecule has 0 saturated carbocycles. The third-order valence-electron chi connectivity index (χ3n) is 4.79. The normalized spacial score (nSPS) is 17.4. The fraction of sp³-hybridized carbons (Fsp3) is 0.450. The number of anilines is 1. The Morgan fingerprint density at radius 2 is 2.08 bits per heavy atom. The highest BCUT2D eigenvalue weighted by atomic mass is 16.1. The van der Waals surface area contributed by atoms with Gasteiger partial charge in [-0.25, -0.2) is 9.97 Å². The number of aromatic nitrogens is 2.